The van der Waals surface area contributed by atoms with Crippen LogP contribution in [0.2, 0.25) is 0 Å². The molecular formula is C16H17FN4O3S. The third-order valence-corrected chi connectivity index (χ3v) is 5.20. The number of aryl methyl sites for hydroxylation is 2. The number of nitrogens with zero attached hydrogens (tertiary/aromatic N) is 3. The molecule has 1 amide bonds. The fourth-order valence-corrected chi connectivity index (χ4v) is 3.92. The van der Waals surface area contributed by atoms with Crippen molar-refractivity contribution >= 4 is 23.5 Å². The molecule has 1 aliphatic heterocycles. The Bertz CT molecular complexity index is 824. The molecule has 2 heterocycles. The zero-order valence-corrected chi connectivity index (χ0v) is 14.4. The van der Waals surface area contributed by atoms with E-state index in [1.54, 1.807) is 29.3 Å². The Morgan fingerprint density at radius 1 is 1.56 bits per heavy atom. The monoisotopic (exact) mass is 364 g/mol. The largest absolute Gasteiger partial charge is 0.381 e. The molecule has 2 aromatic rings. The first-order chi connectivity index (χ1) is 11.9. The van der Waals surface area contributed by atoms with Gasteiger partial charge in [-0.25, -0.2) is 4.39 Å². The van der Waals surface area contributed by atoms with E-state index in [0.29, 0.717) is 12.4 Å². The lowest BCUT2D eigenvalue weighted by atomic mass is 10.0. The third kappa shape index (κ3) is 3.98. The number of aromatic nitrogens is 2. The summed E-state index contributed by atoms with van der Waals surface area (Å²) in [6, 6.07) is 4.42. The number of halogens is 1. The van der Waals surface area contributed by atoms with E-state index in [2.05, 4.69) is 10.3 Å². The summed E-state index contributed by atoms with van der Waals surface area (Å²) < 4.78 is 15.1. The SMILES string of the molecule is Cc1nc([N+](=O)[O-])cn1CCC(=O)NC1CCSc2ccc(F)cc21. The number of rotatable bonds is 5. The van der Waals surface area contributed by atoms with Gasteiger partial charge in [0.1, 0.15) is 12.0 Å². The predicted molar refractivity (Wildman–Crippen MR) is 90.9 cm³/mol. The van der Waals surface area contributed by atoms with Gasteiger partial charge in [-0.05, 0) is 40.1 Å². The number of imidazole rings is 1. The van der Waals surface area contributed by atoms with E-state index in [-0.39, 0.29) is 30.0 Å². The first-order valence-corrected chi connectivity index (χ1v) is 8.82. The van der Waals surface area contributed by atoms with Gasteiger partial charge in [0.15, 0.2) is 0 Å². The third-order valence-electron chi connectivity index (χ3n) is 4.08. The Hall–Kier alpha value is -2.42. The fraction of sp³-hybridized carbons (Fsp3) is 0.375. The van der Waals surface area contributed by atoms with Gasteiger partial charge in [0.2, 0.25) is 11.7 Å². The number of thioether (sulfide) groups is 1. The van der Waals surface area contributed by atoms with E-state index >= 15 is 0 Å². The zero-order valence-electron chi connectivity index (χ0n) is 13.6. The van der Waals surface area contributed by atoms with E-state index < -0.39 is 4.92 Å². The second-order valence-electron chi connectivity index (χ2n) is 5.79. The van der Waals surface area contributed by atoms with Crippen molar-refractivity contribution in [2.24, 2.45) is 0 Å². The van der Waals surface area contributed by atoms with Gasteiger partial charge in [-0.2, -0.15) is 0 Å². The van der Waals surface area contributed by atoms with E-state index in [0.717, 1.165) is 22.6 Å². The smallest absolute Gasteiger partial charge is 0.358 e. The Morgan fingerprint density at radius 2 is 2.36 bits per heavy atom. The second kappa shape index (κ2) is 7.22. The van der Waals surface area contributed by atoms with Crippen LogP contribution in [0.4, 0.5) is 10.2 Å². The molecule has 9 heteroatoms. The van der Waals surface area contributed by atoms with E-state index in [4.69, 9.17) is 0 Å². The van der Waals surface area contributed by atoms with Gasteiger partial charge >= 0.3 is 5.82 Å². The summed E-state index contributed by atoms with van der Waals surface area (Å²) in [4.78, 5) is 27.2. The first kappa shape index (κ1) is 17.4. The van der Waals surface area contributed by atoms with Crippen molar-refractivity contribution in [1.82, 2.24) is 14.9 Å². The fourth-order valence-electron chi connectivity index (χ4n) is 2.81. The highest BCUT2D eigenvalue weighted by atomic mass is 32.2. The summed E-state index contributed by atoms with van der Waals surface area (Å²) in [5, 5.41) is 13.7. The maximum Gasteiger partial charge on any atom is 0.381 e. The van der Waals surface area contributed by atoms with Crippen LogP contribution in [-0.4, -0.2) is 26.1 Å². The Kier molecular flexibility index (Phi) is 5.03. The van der Waals surface area contributed by atoms with Gasteiger partial charge in [-0.3, -0.25) is 4.79 Å². The van der Waals surface area contributed by atoms with Crippen LogP contribution < -0.4 is 5.32 Å². The van der Waals surface area contributed by atoms with Gasteiger partial charge in [0.25, 0.3) is 0 Å². The number of hydrogen-bond acceptors (Lipinski definition) is 5. The van der Waals surface area contributed by atoms with E-state index in [9.17, 15) is 19.3 Å². The quantitative estimate of drug-likeness (QED) is 0.651. The number of nitrogens with one attached hydrogen (secondary N) is 1. The molecule has 1 aromatic heterocycles. The minimum Gasteiger partial charge on any atom is -0.358 e. The number of nitro groups is 1. The molecule has 0 radical (unpaired) electrons. The van der Waals surface area contributed by atoms with Gasteiger partial charge in [0.05, 0.1) is 6.04 Å². The number of hydrogen-bond donors (Lipinski definition) is 1. The molecule has 3 rings (SSSR count). The van der Waals surface area contributed by atoms with Gasteiger partial charge in [-0.15, -0.1) is 11.8 Å². The topological polar surface area (TPSA) is 90.1 Å². The Labute approximate surface area is 147 Å². The summed E-state index contributed by atoms with van der Waals surface area (Å²) in [6.45, 7) is 1.96. The van der Waals surface area contributed by atoms with Crippen LogP contribution in [0, 0.1) is 22.9 Å². The lowest BCUT2D eigenvalue weighted by Crippen LogP contribution is -2.31. The minimum atomic E-state index is -0.561. The molecule has 0 spiro atoms. The van der Waals surface area contributed by atoms with Crippen LogP contribution in [0.1, 0.15) is 30.3 Å². The molecular weight excluding hydrogens is 347 g/mol. The average molecular weight is 364 g/mol. The Balaban J connectivity index is 1.62. The molecule has 1 atom stereocenters. The normalized spacial score (nSPS) is 16.3. The average Bonchev–Trinajstić information content (AvgIpc) is 2.95. The van der Waals surface area contributed by atoms with Gasteiger partial charge in [0, 0.05) is 30.5 Å². The number of benzene rings is 1. The molecule has 0 fully saturated rings. The van der Waals surface area contributed by atoms with E-state index in [1.807, 2.05) is 0 Å². The van der Waals surface area contributed by atoms with Crippen LogP contribution in [0.5, 0.6) is 0 Å². The Morgan fingerprint density at radius 3 is 3.08 bits per heavy atom. The molecule has 25 heavy (non-hydrogen) atoms. The molecule has 1 aromatic carbocycles. The number of amides is 1. The van der Waals surface area contributed by atoms with E-state index in [1.165, 1.54) is 18.3 Å². The van der Waals surface area contributed by atoms with Crippen LogP contribution in [-0.2, 0) is 11.3 Å². The molecule has 0 saturated carbocycles. The van der Waals surface area contributed by atoms with Crippen molar-refractivity contribution in [2.45, 2.75) is 37.2 Å². The van der Waals surface area contributed by atoms with Crippen LogP contribution in [0.15, 0.2) is 29.3 Å². The maximum atomic E-state index is 13.5. The lowest BCUT2D eigenvalue weighted by Gasteiger charge is -2.26. The molecule has 132 valence electrons. The predicted octanol–water partition coefficient (Wildman–Crippen LogP) is 2.98. The first-order valence-electron chi connectivity index (χ1n) is 7.84. The highest BCUT2D eigenvalue weighted by Gasteiger charge is 2.23. The minimum absolute atomic E-state index is 0.169. The highest BCUT2D eigenvalue weighted by molar-refractivity contribution is 7.99. The van der Waals surface area contributed by atoms with Crippen molar-refractivity contribution in [2.75, 3.05) is 5.75 Å². The molecule has 1 aliphatic rings. The van der Waals surface area contributed by atoms with Crippen LogP contribution in [0.3, 0.4) is 0 Å². The van der Waals surface area contributed by atoms with Crippen molar-refractivity contribution in [3.05, 3.63) is 51.7 Å². The summed E-state index contributed by atoms with van der Waals surface area (Å²) in [5.41, 5.74) is 0.805. The summed E-state index contributed by atoms with van der Waals surface area (Å²) >= 11 is 1.65. The lowest BCUT2D eigenvalue weighted by molar-refractivity contribution is -0.389. The molecule has 1 N–H and O–H groups in total. The number of fused-ring (bicyclic) bond motifs is 1. The molecule has 1 unspecified atom stereocenters. The van der Waals surface area contributed by atoms with Crippen molar-refractivity contribution in [1.29, 1.82) is 0 Å². The summed E-state index contributed by atoms with van der Waals surface area (Å²) in [5.74, 6) is 0.619. The van der Waals surface area contributed by atoms with Gasteiger partial charge in [-0.1, -0.05) is 0 Å². The molecule has 7 nitrogen and oxygen atoms in total. The molecule has 0 bridgehead atoms. The second-order valence-corrected chi connectivity index (χ2v) is 6.92. The zero-order chi connectivity index (χ0) is 18.0. The summed E-state index contributed by atoms with van der Waals surface area (Å²) in [7, 11) is 0. The number of carbonyl (C=O) groups excluding carboxylic acids is 1. The highest BCUT2D eigenvalue weighted by Crippen LogP contribution is 2.36. The van der Waals surface area contributed by atoms with Crippen molar-refractivity contribution < 1.29 is 14.1 Å². The van der Waals surface area contributed by atoms with Crippen LogP contribution in [0.25, 0.3) is 0 Å². The molecule has 0 aliphatic carbocycles. The van der Waals surface area contributed by atoms with Gasteiger partial charge < -0.3 is 20.0 Å². The van der Waals surface area contributed by atoms with Crippen molar-refractivity contribution in [3.8, 4) is 0 Å². The van der Waals surface area contributed by atoms with Crippen molar-refractivity contribution in [3.63, 3.8) is 0 Å². The standard InChI is InChI=1S/C16H17FN4O3S/c1-10-18-15(21(23)24)9-20(10)6-4-16(22)19-13-5-7-25-14-3-2-11(17)8-12(13)14/h2-3,8-9,13H,4-7H2,1H3,(H,19,22). The number of carbonyl (C=O) groups is 1. The molecule has 0 saturated heterocycles. The van der Waals surface area contributed by atoms with Crippen LogP contribution >= 0.6 is 11.8 Å². The maximum absolute atomic E-state index is 13.5. The summed E-state index contributed by atoms with van der Waals surface area (Å²) in [6.07, 6.45) is 2.23.